The van der Waals surface area contributed by atoms with Crippen LogP contribution in [0.15, 0.2) is 30.7 Å². The number of pyridine rings is 1. The molecule has 2 fully saturated rings. The zero-order valence-electron chi connectivity index (χ0n) is 20.7. The van der Waals surface area contributed by atoms with Crippen molar-refractivity contribution in [1.82, 2.24) is 24.9 Å². The highest BCUT2D eigenvalue weighted by Crippen LogP contribution is 2.30. The fourth-order valence-electron chi connectivity index (χ4n) is 4.36. The predicted molar refractivity (Wildman–Crippen MR) is 136 cm³/mol. The summed E-state index contributed by atoms with van der Waals surface area (Å²) in [5.41, 5.74) is 1.51. The Morgan fingerprint density at radius 1 is 1.08 bits per heavy atom. The molecule has 12 heteroatoms. The SMILES string of the molecule is CCCNC(=O)OC1CCC(Nc2cc(NC3CC3)c3ncc(C(=O)Nc4ccncc4F)n3n2)CC1. The molecule has 0 unspecified atom stereocenters. The highest BCUT2D eigenvalue weighted by molar-refractivity contribution is 6.03. The van der Waals surface area contributed by atoms with Gasteiger partial charge in [-0.25, -0.2) is 18.7 Å². The van der Waals surface area contributed by atoms with Crippen LogP contribution in [0.25, 0.3) is 5.65 Å². The summed E-state index contributed by atoms with van der Waals surface area (Å²) < 4.78 is 21.0. The predicted octanol–water partition coefficient (Wildman–Crippen LogP) is 3.95. The Morgan fingerprint density at radius 2 is 1.84 bits per heavy atom. The number of ether oxygens (including phenoxy) is 1. The first-order chi connectivity index (χ1) is 18.0. The quantitative estimate of drug-likeness (QED) is 0.340. The Balaban J connectivity index is 1.30. The number of nitrogens with one attached hydrogen (secondary N) is 4. The summed E-state index contributed by atoms with van der Waals surface area (Å²) >= 11 is 0. The van der Waals surface area contributed by atoms with E-state index >= 15 is 0 Å². The van der Waals surface area contributed by atoms with Gasteiger partial charge in [0.05, 0.1) is 23.8 Å². The number of alkyl carbamates (subject to hydrolysis) is 1. The minimum absolute atomic E-state index is 0.0305. The number of hydrogen-bond acceptors (Lipinski definition) is 8. The molecule has 0 radical (unpaired) electrons. The average Bonchev–Trinajstić information content (AvgIpc) is 3.60. The lowest BCUT2D eigenvalue weighted by molar-refractivity contribution is 0.0732. The number of amides is 2. The number of hydrogen-bond donors (Lipinski definition) is 4. The summed E-state index contributed by atoms with van der Waals surface area (Å²) in [5, 5.41) is 16.9. The molecule has 37 heavy (non-hydrogen) atoms. The van der Waals surface area contributed by atoms with Crippen molar-refractivity contribution in [2.45, 2.75) is 70.1 Å². The molecule has 0 aliphatic heterocycles. The Morgan fingerprint density at radius 3 is 2.57 bits per heavy atom. The van der Waals surface area contributed by atoms with E-state index in [-0.39, 0.29) is 29.6 Å². The van der Waals surface area contributed by atoms with Gasteiger partial charge in [0.2, 0.25) is 0 Å². The summed E-state index contributed by atoms with van der Waals surface area (Å²) in [6.07, 6.45) is 9.56. The van der Waals surface area contributed by atoms with Gasteiger partial charge in [-0.2, -0.15) is 0 Å². The van der Waals surface area contributed by atoms with Crippen molar-refractivity contribution in [1.29, 1.82) is 0 Å². The maximum Gasteiger partial charge on any atom is 0.407 e. The Bertz CT molecular complexity index is 1270. The normalized spacial score (nSPS) is 19.3. The zero-order chi connectivity index (χ0) is 25.8. The molecule has 3 heterocycles. The second kappa shape index (κ2) is 11.0. The van der Waals surface area contributed by atoms with Crippen LogP contribution in [0.4, 0.5) is 26.4 Å². The number of imidazole rings is 1. The largest absolute Gasteiger partial charge is 0.446 e. The van der Waals surface area contributed by atoms with Crippen molar-refractivity contribution in [3.63, 3.8) is 0 Å². The molecular formula is C25H31FN8O3. The van der Waals surface area contributed by atoms with Crippen LogP contribution in [0.5, 0.6) is 0 Å². The number of nitrogens with zero attached hydrogens (tertiary/aromatic N) is 4. The van der Waals surface area contributed by atoms with Crippen LogP contribution in [0, 0.1) is 5.82 Å². The highest BCUT2D eigenvalue weighted by Gasteiger charge is 2.27. The topological polar surface area (TPSA) is 135 Å². The molecule has 2 saturated carbocycles. The van der Waals surface area contributed by atoms with Gasteiger partial charge in [-0.05, 0) is 51.0 Å². The summed E-state index contributed by atoms with van der Waals surface area (Å²) in [4.78, 5) is 33.0. The van der Waals surface area contributed by atoms with Crippen LogP contribution < -0.4 is 21.3 Å². The number of carbonyl (C=O) groups is 2. The average molecular weight is 511 g/mol. The second-order valence-electron chi connectivity index (χ2n) is 9.50. The lowest BCUT2D eigenvalue weighted by Crippen LogP contribution is -2.34. The van der Waals surface area contributed by atoms with Gasteiger partial charge in [-0.15, -0.1) is 5.10 Å². The molecule has 2 amide bonds. The number of aromatic nitrogens is 4. The third-order valence-electron chi connectivity index (χ3n) is 6.48. The van der Waals surface area contributed by atoms with Crippen molar-refractivity contribution in [3.05, 3.63) is 42.2 Å². The monoisotopic (exact) mass is 510 g/mol. The fraction of sp³-hybridized carbons (Fsp3) is 0.480. The van der Waals surface area contributed by atoms with E-state index in [0.717, 1.165) is 56.8 Å². The summed E-state index contributed by atoms with van der Waals surface area (Å²) in [7, 11) is 0. The minimum Gasteiger partial charge on any atom is -0.446 e. The van der Waals surface area contributed by atoms with E-state index < -0.39 is 11.7 Å². The first-order valence-corrected chi connectivity index (χ1v) is 12.8. The van der Waals surface area contributed by atoms with E-state index in [1.54, 1.807) is 0 Å². The van der Waals surface area contributed by atoms with E-state index in [4.69, 9.17) is 4.74 Å². The van der Waals surface area contributed by atoms with Gasteiger partial charge >= 0.3 is 6.09 Å². The standard InChI is InChI=1S/C25H31FN8O3/c1-2-10-28-25(36)37-17-7-5-16(6-8-17)31-22-12-20(30-15-3-4-15)23-29-14-21(34(23)33-22)24(35)32-19-9-11-27-13-18(19)26/h9,11-17,30H,2-8,10H2,1H3,(H,28,36)(H,31,33)(H,27,32,35). The third-order valence-corrected chi connectivity index (χ3v) is 6.48. The van der Waals surface area contributed by atoms with E-state index in [1.165, 1.54) is 23.0 Å². The van der Waals surface area contributed by atoms with Crippen LogP contribution in [-0.4, -0.2) is 56.3 Å². The Hall–Kier alpha value is -3.96. The highest BCUT2D eigenvalue weighted by atomic mass is 19.1. The van der Waals surface area contributed by atoms with E-state index in [2.05, 4.69) is 36.3 Å². The van der Waals surface area contributed by atoms with E-state index in [9.17, 15) is 14.0 Å². The van der Waals surface area contributed by atoms with Crippen LogP contribution in [0.1, 0.15) is 62.4 Å². The lowest BCUT2D eigenvalue weighted by Gasteiger charge is -2.29. The Labute approximate surface area is 213 Å². The lowest BCUT2D eigenvalue weighted by atomic mass is 9.93. The molecule has 3 aromatic rings. The first kappa shape index (κ1) is 24.7. The maximum atomic E-state index is 14.0. The van der Waals surface area contributed by atoms with Crippen molar-refractivity contribution in [3.8, 4) is 0 Å². The number of fused-ring (bicyclic) bond motifs is 1. The second-order valence-corrected chi connectivity index (χ2v) is 9.50. The van der Waals surface area contributed by atoms with Gasteiger partial charge < -0.3 is 26.0 Å². The smallest absolute Gasteiger partial charge is 0.407 e. The molecule has 0 saturated heterocycles. The minimum atomic E-state index is -0.626. The molecule has 4 N–H and O–H groups in total. The molecule has 0 bridgehead atoms. The molecule has 0 spiro atoms. The Kier molecular flexibility index (Phi) is 7.33. The van der Waals surface area contributed by atoms with Gasteiger partial charge in [-0.3, -0.25) is 9.78 Å². The van der Waals surface area contributed by atoms with Crippen LogP contribution >= 0.6 is 0 Å². The van der Waals surface area contributed by atoms with Gasteiger partial charge in [0.15, 0.2) is 17.2 Å². The van der Waals surface area contributed by atoms with E-state index in [0.29, 0.717) is 24.1 Å². The third kappa shape index (κ3) is 6.07. The summed E-state index contributed by atoms with van der Waals surface area (Å²) in [6.45, 7) is 2.60. The van der Waals surface area contributed by atoms with Crippen molar-refractivity contribution >= 4 is 34.8 Å². The summed E-state index contributed by atoms with van der Waals surface area (Å²) in [5.74, 6) is -0.556. The summed E-state index contributed by atoms with van der Waals surface area (Å²) in [6, 6.07) is 3.81. The number of halogens is 1. The number of carbonyl (C=O) groups excluding carboxylic acids is 2. The zero-order valence-corrected chi connectivity index (χ0v) is 20.7. The molecule has 2 aliphatic carbocycles. The number of anilines is 3. The first-order valence-electron chi connectivity index (χ1n) is 12.8. The van der Waals surface area contributed by atoms with Crippen LogP contribution in [-0.2, 0) is 4.74 Å². The number of rotatable bonds is 9. The van der Waals surface area contributed by atoms with Gasteiger partial charge in [0.25, 0.3) is 5.91 Å². The van der Waals surface area contributed by atoms with Gasteiger partial charge in [0, 0.05) is 30.9 Å². The van der Waals surface area contributed by atoms with Crippen LogP contribution in [0.3, 0.4) is 0 Å². The molecular weight excluding hydrogens is 479 g/mol. The molecule has 0 aromatic carbocycles. The molecule has 0 atom stereocenters. The molecule has 11 nitrogen and oxygen atoms in total. The maximum absolute atomic E-state index is 14.0. The van der Waals surface area contributed by atoms with Crippen molar-refractivity contribution in [2.24, 2.45) is 0 Å². The van der Waals surface area contributed by atoms with Gasteiger partial charge in [0.1, 0.15) is 11.9 Å². The van der Waals surface area contributed by atoms with E-state index in [1.807, 2.05) is 13.0 Å². The van der Waals surface area contributed by atoms with Crippen LogP contribution in [0.2, 0.25) is 0 Å². The fourth-order valence-corrected chi connectivity index (χ4v) is 4.36. The molecule has 196 valence electrons. The van der Waals surface area contributed by atoms with Crippen molar-refractivity contribution in [2.75, 3.05) is 22.5 Å². The molecule has 2 aliphatic rings. The molecule has 3 aromatic heterocycles. The molecule has 5 rings (SSSR count). The van der Waals surface area contributed by atoms with Gasteiger partial charge in [-0.1, -0.05) is 6.92 Å². The van der Waals surface area contributed by atoms with Crippen molar-refractivity contribution < 1.29 is 18.7 Å².